The van der Waals surface area contributed by atoms with Crippen LogP contribution in [0.3, 0.4) is 0 Å². The second kappa shape index (κ2) is 4.43. The largest absolute Gasteiger partial charge is 0.409 e. The minimum atomic E-state index is -0.119. The van der Waals surface area contributed by atoms with Gasteiger partial charge in [-0.3, -0.25) is 0 Å². The molecule has 0 amide bonds. The van der Waals surface area contributed by atoms with Crippen molar-refractivity contribution in [2.45, 2.75) is 31.9 Å². The van der Waals surface area contributed by atoms with Crippen LogP contribution in [-0.2, 0) is 0 Å². The lowest BCUT2D eigenvalue weighted by Crippen LogP contribution is -2.44. The van der Waals surface area contributed by atoms with Gasteiger partial charge in [-0.2, -0.15) is 0 Å². The number of rotatable bonds is 4. The molecule has 13 heavy (non-hydrogen) atoms. The Morgan fingerprint density at radius 3 is 2.77 bits per heavy atom. The minimum absolute atomic E-state index is 0.109. The number of amidine groups is 1. The summed E-state index contributed by atoms with van der Waals surface area (Å²) in [5.41, 5.74) is 5.38. The molecule has 5 nitrogen and oxygen atoms in total. The van der Waals surface area contributed by atoms with Gasteiger partial charge >= 0.3 is 0 Å². The summed E-state index contributed by atoms with van der Waals surface area (Å²) in [5.74, 6) is 0.726. The van der Waals surface area contributed by atoms with E-state index in [4.69, 9.17) is 16.0 Å². The van der Waals surface area contributed by atoms with Gasteiger partial charge in [0.1, 0.15) is 0 Å². The van der Waals surface area contributed by atoms with Crippen molar-refractivity contribution in [1.29, 1.82) is 0 Å². The van der Waals surface area contributed by atoms with Crippen LogP contribution in [0.5, 0.6) is 0 Å². The SMILES string of the molecule is CC(NCC1CC(O)C1)C(N)=NO. The number of nitrogens with one attached hydrogen (secondary N) is 1. The van der Waals surface area contributed by atoms with E-state index in [0.717, 1.165) is 19.4 Å². The molecule has 1 fully saturated rings. The molecule has 1 unspecified atom stereocenters. The fourth-order valence-corrected chi connectivity index (χ4v) is 1.40. The fourth-order valence-electron chi connectivity index (χ4n) is 1.40. The van der Waals surface area contributed by atoms with Crippen molar-refractivity contribution in [1.82, 2.24) is 5.32 Å². The van der Waals surface area contributed by atoms with Crippen LogP contribution in [-0.4, -0.2) is 34.8 Å². The molecular formula is C8H17N3O2. The van der Waals surface area contributed by atoms with Crippen molar-refractivity contribution >= 4 is 5.84 Å². The maximum absolute atomic E-state index is 9.02. The van der Waals surface area contributed by atoms with Gasteiger partial charge in [0.2, 0.25) is 0 Å². The summed E-state index contributed by atoms with van der Waals surface area (Å²) >= 11 is 0. The first-order valence-corrected chi connectivity index (χ1v) is 4.52. The van der Waals surface area contributed by atoms with E-state index in [1.165, 1.54) is 0 Å². The average Bonchev–Trinajstić information content (AvgIpc) is 2.08. The monoisotopic (exact) mass is 187 g/mol. The van der Waals surface area contributed by atoms with Gasteiger partial charge in [-0.1, -0.05) is 5.16 Å². The first-order chi connectivity index (χ1) is 6.13. The molecule has 5 N–H and O–H groups in total. The highest BCUT2D eigenvalue weighted by molar-refractivity contribution is 5.84. The molecule has 0 aliphatic heterocycles. The maximum Gasteiger partial charge on any atom is 0.156 e. The van der Waals surface area contributed by atoms with Crippen LogP contribution in [0.15, 0.2) is 5.16 Å². The summed E-state index contributed by atoms with van der Waals surface area (Å²) in [6, 6.07) is -0.109. The highest BCUT2D eigenvalue weighted by atomic mass is 16.4. The van der Waals surface area contributed by atoms with Gasteiger partial charge in [0.25, 0.3) is 0 Å². The molecule has 0 heterocycles. The Balaban J connectivity index is 2.12. The standard InChI is InChI=1S/C8H17N3O2/c1-5(8(9)11-13)10-4-6-2-7(12)3-6/h5-7,10,12-13H,2-4H2,1H3,(H2,9,11). The van der Waals surface area contributed by atoms with Crippen molar-refractivity contribution in [3.63, 3.8) is 0 Å². The molecule has 1 atom stereocenters. The first kappa shape index (κ1) is 10.3. The normalized spacial score (nSPS) is 31.1. The van der Waals surface area contributed by atoms with Gasteiger partial charge in [-0.25, -0.2) is 0 Å². The van der Waals surface area contributed by atoms with E-state index in [0.29, 0.717) is 5.92 Å². The highest BCUT2D eigenvalue weighted by Crippen LogP contribution is 2.26. The van der Waals surface area contributed by atoms with Gasteiger partial charge in [0.05, 0.1) is 12.1 Å². The molecule has 1 aliphatic carbocycles. The quantitative estimate of drug-likeness (QED) is 0.206. The molecule has 0 aromatic rings. The van der Waals surface area contributed by atoms with Crippen molar-refractivity contribution in [3.05, 3.63) is 0 Å². The lowest BCUT2D eigenvalue weighted by Gasteiger charge is -2.32. The third-order valence-electron chi connectivity index (χ3n) is 2.48. The molecule has 1 rings (SSSR count). The second-order valence-corrected chi connectivity index (χ2v) is 3.65. The second-order valence-electron chi connectivity index (χ2n) is 3.65. The number of hydrogen-bond donors (Lipinski definition) is 4. The topological polar surface area (TPSA) is 90.9 Å². The smallest absolute Gasteiger partial charge is 0.156 e. The van der Waals surface area contributed by atoms with Crippen LogP contribution in [0.1, 0.15) is 19.8 Å². The lowest BCUT2D eigenvalue weighted by atomic mass is 9.82. The zero-order chi connectivity index (χ0) is 9.84. The van der Waals surface area contributed by atoms with Crippen molar-refractivity contribution in [3.8, 4) is 0 Å². The van der Waals surface area contributed by atoms with Crippen LogP contribution >= 0.6 is 0 Å². The first-order valence-electron chi connectivity index (χ1n) is 4.52. The van der Waals surface area contributed by atoms with Gasteiger partial charge in [0, 0.05) is 0 Å². The molecule has 0 radical (unpaired) electrons. The van der Waals surface area contributed by atoms with Crippen LogP contribution in [0.2, 0.25) is 0 Å². The molecular weight excluding hydrogens is 170 g/mol. The minimum Gasteiger partial charge on any atom is -0.409 e. The predicted octanol–water partition coefficient (Wildman–Crippen LogP) is -0.518. The molecule has 0 aromatic heterocycles. The Morgan fingerprint density at radius 2 is 2.31 bits per heavy atom. The summed E-state index contributed by atoms with van der Waals surface area (Å²) in [6.07, 6.45) is 1.59. The Hall–Kier alpha value is -0.810. The molecule has 0 aromatic carbocycles. The molecule has 0 saturated heterocycles. The summed E-state index contributed by atoms with van der Waals surface area (Å²) in [5, 5.41) is 23.4. The number of aliphatic hydroxyl groups is 1. The molecule has 76 valence electrons. The molecule has 5 heteroatoms. The Labute approximate surface area is 77.6 Å². The zero-order valence-corrected chi connectivity index (χ0v) is 7.77. The number of hydrogen-bond acceptors (Lipinski definition) is 4. The molecule has 1 aliphatic rings. The number of nitrogens with two attached hydrogens (primary N) is 1. The Morgan fingerprint density at radius 1 is 1.69 bits per heavy atom. The lowest BCUT2D eigenvalue weighted by molar-refractivity contribution is 0.0427. The molecule has 0 bridgehead atoms. The van der Waals surface area contributed by atoms with Crippen LogP contribution in [0.25, 0.3) is 0 Å². The zero-order valence-electron chi connectivity index (χ0n) is 7.77. The number of oxime groups is 1. The predicted molar refractivity (Wildman–Crippen MR) is 49.6 cm³/mol. The van der Waals surface area contributed by atoms with Crippen molar-refractivity contribution in [2.75, 3.05) is 6.54 Å². The fraction of sp³-hybridized carbons (Fsp3) is 0.875. The van der Waals surface area contributed by atoms with Gasteiger partial charge < -0.3 is 21.4 Å². The summed E-state index contributed by atoms with van der Waals surface area (Å²) in [6.45, 7) is 2.65. The summed E-state index contributed by atoms with van der Waals surface area (Å²) in [7, 11) is 0. The van der Waals surface area contributed by atoms with E-state index in [1.54, 1.807) is 0 Å². The van der Waals surface area contributed by atoms with Crippen LogP contribution in [0.4, 0.5) is 0 Å². The van der Waals surface area contributed by atoms with Gasteiger partial charge in [-0.05, 0) is 32.2 Å². The molecule has 1 saturated carbocycles. The van der Waals surface area contributed by atoms with Crippen LogP contribution in [0, 0.1) is 5.92 Å². The summed E-state index contributed by atoms with van der Waals surface area (Å²) in [4.78, 5) is 0. The van der Waals surface area contributed by atoms with Crippen molar-refractivity contribution in [2.24, 2.45) is 16.8 Å². The third kappa shape index (κ3) is 2.86. The van der Waals surface area contributed by atoms with E-state index in [2.05, 4.69) is 10.5 Å². The Kier molecular flexibility index (Phi) is 3.50. The van der Waals surface area contributed by atoms with Gasteiger partial charge in [0.15, 0.2) is 5.84 Å². The summed E-state index contributed by atoms with van der Waals surface area (Å²) < 4.78 is 0. The van der Waals surface area contributed by atoms with E-state index in [9.17, 15) is 0 Å². The maximum atomic E-state index is 9.02. The van der Waals surface area contributed by atoms with Crippen LogP contribution < -0.4 is 11.1 Å². The van der Waals surface area contributed by atoms with Gasteiger partial charge in [-0.15, -0.1) is 0 Å². The number of aliphatic hydroxyl groups excluding tert-OH is 1. The van der Waals surface area contributed by atoms with E-state index >= 15 is 0 Å². The molecule has 0 spiro atoms. The third-order valence-corrected chi connectivity index (χ3v) is 2.48. The van der Waals surface area contributed by atoms with Crippen molar-refractivity contribution < 1.29 is 10.3 Å². The van der Waals surface area contributed by atoms with E-state index < -0.39 is 0 Å². The highest BCUT2D eigenvalue weighted by Gasteiger charge is 2.27. The van der Waals surface area contributed by atoms with E-state index in [1.807, 2.05) is 6.92 Å². The average molecular weight is 187 g/mol. The Bertz CT molecular complexity index is 190. The van der Waals surface area contributed by atoms with E-state index in [-0.39, 0.29) is 18.0 Å². The number of nitrogens with zero attached hydrogens (tertiary/aromatic N) is 1.